The van der Waals surface area contributed by atoms with Crippen LogP contribution < -0.4 is 5.32 Å². The molecule has 94 valence electrons. The molecule has 0 radical (unpaired) electrons. The molecule has 1 amide bonds. The summed E-state index contributed by atoms with van der Waals surface area (Å²) in [5, 5.41) is 12.1. The van der Waals surface area contributed by atoms with E-state index in [1.807, 2.05) is 20.1 Å². The normalized spacial score (nSPS) is 28.8. The molecule has 4 atom stereocenters. The number of aliphatic hydroxyl groups excluding tert-OH is 1. The van der Waals surface area contributed by atoms with Gasteiger partial charge in [-0.25, -0.2) is 0 Å². The van der Waals surface area contributed by atoms with Crippen molar-refractivity contribution in [2.24, 2.45) is 5.92 Å². The summed E-state index contributed by atoms with van der Waals surface area (Å²) < 4.78 is 5.37. The van der Waals surface area contributed by atoms with E-state index in [2.05, 4.69) is 5.32 Å². The number of aliphatic hydroxyl groups is 1. The maximum absolute atomic E-state index is 11.9. The predicted octanol–water partition coefficient (Wildman–Crippen LogP) is 0.640. The molecule has 1 aliphatic heterocycles. The van der Waals surface area contributed by atoms with Crippen LogP contribution in [0.15, 0.2) is 0 Å². The van der Waals surface area contributed by atoms with Gasteiger partial charge < -0.3 is 15.2 Å². The van der Waals surface area contributed by atoms with Crippen LogP contribution in [0.2, 0.25) is 0 Å². The minimum Gasteiger partial charge on any atom is -0.395 e. The van der Waals surface area contributed by atoms with Gasteiger partial charge in [0.25, 0.3) is 0 Å². The summed E-state index contributed by atoms with van der Waals surface area (Å²) in [5.41, 5.74) is 0. The highest BCUT2D eigenvalue weighted by atomic mass is 32.2. The van der Waals surface area contributed by atoms with Gasteiger partial charge in [0.15, 0.2) is 0 Å². The first kappa shape index (κ1) is 13.8. The van der Waals surface area contributed by atoms with Gasteiger partial charge in [-0.3, -0.25) is 4.79 Å². The number of rotatable bonds is 5. The second-order valence-corrected chi connectivity index (χ2v) is 5.30. The highest BCUT2D eigenvalue weighted by Gasteiger charge is 2.32. The molecule has 2 N–H and O–H groups in total. The van der Waals surface area contributed by atoms with Crippen molar-refractivity contribution in [2.75, 3.05) is 19.5 Å². The lowest BCUT2D eigenvalue weighted by Crippen LogP contribution is -2.45. The van der Waals surface area contributed by atoms with Crippen molar-refractivity contribution < 1.29 is 14.6 Å². The fourth-order valence-corrected chi connectivity index (χ4v) is 2.56. The lowest BCUT2D eigenvalue weighted by atomic mass is 10.0. The molecule has 0 saturated carbocycles. The fourth-order valence-electron chi connectivity index (χ4n) is 1.94. The molecule has 1 fully saturated rings. The van der Waals surface area contributed by atoms with E-state index in [1.54, 1.807) is 11.8 Å². The lowest BCUT2D eigenvalue weighted by molar-refractivity contribution is -0.127. The van der Waals surface area contributed by atoms with E-state index < -0.39 is 0 Å². The summed E-state index contributed by atoms with van der Waals surface area (Å²) in [5.74, 6) is 0.00801. The minimum atomic E-state index is -0.0383. The third-order valence-corrected chi connectivity index (χ3v) is 4.29. The zero-order valence-electron chi connectivity index (χ0n) is 10.1. The summed E-state index contributed by atoms with van der Waals surface area (Å²) in [6.45, 7) is 4.61. The molecule has 1 aliphatic rings. The van der Waals surface area contributed by atoms with Gasteiger partial charge in [0.2, 0.25) is 5.91 Å². The molecule has 16 heavy (non-hydrogen) atoms. The third-order valence-electron chi connectivity index (χ3n) is 3.12. The zero-order valence-corrected chi connectivity index (χ0v) is 10.9. The largest absolute Gasteiger partial charge is 0.395 e. The van der Waals surface area contributed by atoms with Crippen LogP contribution in [-0.2, 0) is 9.53 Å². The van der Waals surface area contributed by atoms with Crippen molar-refractivity contribution in [1.29, 1.82) is 0 Å². The molecule has 0 aromatic rings. The summed E-state index contributed by atoms with van der Waals surface area (Å²) in [6.07, 6.45) is 2.74. The molecule has 0 aromatic carbocycles. The van der Waals surface area contributed by atoms with Gasteiger partial charge in [0.1, 0.15) is 0 Å². The number of carbonyl (C=O) groups excluding carboxylic acids is 1. The molecule has 1 heterocycles. The Morgan fingerprint density at radius 3 is 2.81 bits per heavy atom. The molecule has 1 rings (SSSR count). The van der Waals surface area contributed by atoms with E-state index in [-0.39, 0.29) is 35.8 Å². The molecular formula is C11H21NO3S. The summed E-state index contributed by atoms with van der Waals surface area (Å²) in [7, 11) is 0. The summed E-state index contributed by atoms with van der Waals surface area (Å²) in [4.78, 5) is 11.9. The Balaban J connectivity index is 2.44. The van der Waals surface area contributed by atoms with Crippen molar-refractivity contribution in [3.8, 4) is 0 Å². The molecule has 5 heteroatoms. The van der Waals surface area contributed by atoms with E-state index in [9.17, 15) is 4.79 Å². The predicted molar refractivity (Wildman–Crippen MR) is 65.5 cm³/mol. The maximum atomic E-state index is 11.9. The van der Waals surface area contributed by atoms with Crippen molar-refractivity contribution in [3.05, 3.63) is 0 Å². The van der Waals surface area contributed by atoms with Crippen LogP contribution in [0.3, 0.4) is 0 Å². The van der Waals surface area contributed by atoms with Crippen LogP contribution in [0.1, 0.15) is 20.3 Å². The van der Waals surface area contributed by atoms with Crippen molar-refractivity contribution in [1.82, 2.24) is 5.32 Å². The molecule has 4 nitrogen and oxygen atoms in total. The molecule has 0 spiro atoms. The second kappa shape index (κ2) is 6.47. The Morgan fingerprint density at radius 2 is 2.38 bits per heavy atom. The van der Waals surface area contributed by atoms with Crippen molar-refractivity contribution in [3.63, 3.8) is 0 Å². The van der Waals surface area contributed by atoms with Crippen molar-refractivity contribution >= 4 is 17.7 Å². The third kappa shape index (κ3) is 3.37. The summed E-state index contributed by atoms with van der Waals surface area (Å²) >= 11 is 1.57. The van der Waals surface area contributed by atoms with Crippen LogP contribution >= 0.6 is 11.8 Å². The Labute approximate surface area is 101 Å². The number of thioether (sulfide) groups is 1. The second-order valence-electron chi connectivity index (χ2n) is 4.23. The maximum Gasteiger partial charge on any atom is 0.226 e. The Hall–Kier alpha value is -0.260. The van der Waals surface area contributed by atoms with Crippen LogP contribution in [-0.4, -0.2) is 47.9 Å². The highest BCUT2D eigenvalue weighted by Crippen LogP contribution is 2.21. The van der Waals surface area contributed by atoms with E-state index in [0.29, 0.717) is 6.61 Å². The van der Waals surface area contributed by atoms with Crippen LogP contribution in [0.25, 0.3) is 0 Å². The average molecular weight is 247 g/mol. The number of nitrogens with one attached hydrogen (secondary N) is 1. The standard InChI is InChI=1S/C11H21NO3S/c1-7(10(6-13)16-3)12-11(14)9-4-5-15-8(9)2/h7-10,13H,4-6H2,1-3H3,(H,12,14). The van der Waals surface area contributed by atoms with E-state index >= 15 is 0 Å². The number of ether oxygens (including phenoxy) is 1. The monoisotopic (exact) mass is 247 g/mol. The SMILES string of the molecule is CSC(CO)C(C)NC(=O)C1CCOC1C. The number of carbonyl (C=O) groups is 1. The van der Waals surface area contributed by atoms with E-state index in [4.69, 9.17) is 9.84 Å². The average Bonchev–Trinajstić information content (AvgIpc) is 2.66. The first-order chi connectivity index (χ1) is 7.60. The lowest BCUT2D eigenvalue weighted by Gasteiger charge is -2.23. The van der Waals surface area contributed by atoms with Gasteiger partial charge >= 0.3 is 0 Å². The molecule has 4 unspecified atom stereocenters. The fraction of sp³-hybridized carbons (Fsp3) is 0.909. The number of hydrogen-bond donors (Lipinski definition) is 2. The minimum absolute atomic E-state index is 0.00839. The van der Waals surface area contributed by atoms with Crippen LogP contribution in [0.5, 0.6) is 0 Å². The van der Waals surface area contributed by atoms with Gasteiger partial charge in [-0.15, -0.1) is 0 Å². The van der Waals surface area contributed by atoms with Gasteiger partial charge in [0.05, 0.1) is 18.6 Å². The van der Waals surface area contributed by atoms with E-state index in [0.717, 1.165) is 6.42 Å². The summed E-state index contributed by atoms with van der Waals surface area (Å²) in [6, 6.07) is -0.0136. The topological polar surface area (TPSA) is 58.6 Å². The zero-order chi connectivity index (χ0) is 12.1. The van der Waals surface area contributed by atoms with Gasteiger partial charge in [-0.05, 0) is 26.5 Å². The molecular weight excluding hydrogens is 226 g/mol. The van der Waals surface area contributed by atoms with Gasteiger partial charge in [-0.1, -0.05) is 0 Å². The number of hydrogen-bond acceptors (Lipinski definition) is 4. The van der Waals surface area contributed by atoms with Gasteiger partial charge in [0, 0.05) is 17.9 Å². The first-order valence-electron chi connectivity index (χ1n) is 5.65. The molecule has 1 saturated heterocycles. The Kier molecular flexibility index (Phi) is 5.58. The van der Waals surface area contributed by atoms with Crippen molar-refractivity contribution in [2.45, 2.75) is 37.7 Å². The highest BCUT2D eigenvalue weighted by molar-refractivity contribution is 7.99. The quantitative estimate of drug-likeness (QED) is 0.748. The molecule has 0 aromatic heterocycles. The first-order valence-corrected chi connectivity index (χ1v) is 6.94. The Morgan fingerprint density at radius 1 is 1.69 bits per heavy atom. The van der Waals surface area contributed by atoms with Crippen LogP contribution in [0.4, 0.5) is 0 Å². The smallest absolute Gasteiger partial charge is 0.226 e. The molecule has 0 bridgehead atoms. The van der Waals surface area contributed by atoms with Gasteiger partial charge in [-0.2, -0.15) is 11.8 Å². The Bertz CT molecular complexity index is 233. The van der Waals surface area contributed by atoms with E-state index in [1.165, 1.54) is 0 Å². The van der Waals surface area contributed by atoms with Crippen LogP contribution in [0, 0.1) is 5.92 Å². The number of amides is 1. The molecule has 0 aliphatic carbocycles.